The Morgan fingerprint density at radius 3 is 2.78 bits per heavy atom. The van der Waals surface area contributed by atoms with Crippen molar-refractivity contribution in [2.24, 2.45) is 0 Å². The highest BCUT2D eigenvalue weighted by atomic mass is 32.2. The van der Waals surface area contributed by atoms with Crippen molar-refractivity contribution in [1.82, 2.24) is 14.8 Å². The van der Waals surface area contributed by atoms with Gasteiger partial charge < -0.3 is 14.2 Å². The summed E-state index contributed by atoms with van der Waals surface area (Å²) in [6.45, 7) is 1.93. The van der Waals surface area contributed by atoms with Gasteiger partial charge in [-0.05, 0) is 18.2 Å². The molecule has 0 saturated carbocycles. The lowest BCUT2D eigenvalue weighted by Crippen LogP contribution is -2.29. The lowest BCUT2D eigenvalue weighted by Gasteiger charge is -2.21. The summed E-state index contributed by atoms with van der Waals surface area (Å²) in [4.78, 5) is 15.6. The zero-order valence-corrected chi connectivity index (χ0v) is 13.9. The Morgan fingerprint density at radius 2 is 2.09 bits per heavy atom. The van der Waals surface area contributed by atoms with Crippen LogP contribution in [0.3, 0.4) is 0 Å². The SMILES string of the molecule is COc1ccc(-c2nc3n(n2)CC(OC(C)=O)CS3)cc1OC. The van der Waals surface area contributed by atoms with Crippen LogP contribution in [0, 0.1) is 0 Å². The van der Waals surface area contributed by atoms with Crippen LogP contribution in [0.2, 0.25) is 0 Å². The van der Waals surface area contributed by atoms with Gasteiger partial charge in [0.15, 0.2) is 22.5 Å². The van der Waals surface area contributed by atoms with Crippen molar-refractivity contribution in [2.45, 2.75) is 24.7 Å². The molecule has 1 aliphatic heterocycles. The molecule has 8 heteroatoms. The molecule has 2 heterocycles. The van der Waals surface area contributed by atoms with Crippen LogP contribution >= 0.6 is 11.8 Å². The van der Waals surface area contributed by atoms with E-state index >= 15 is 0 Å². The van der Waals surface area contributed by atoms with Gasteiger partial charge in [-0.15, -0.1) is 5.10 Å². The Balaban J connectivity index is 1.86. The molecule has 1 aromatic carbocycles. The van der Waals surface area contributed by atoms with Gasteiger partial charge in [-0.25, -0.2) is 9.67 Å². The normalized spacial score (nSPS) is 16.6. The third-order valence-corrected chi connectivity index (χ3v) is 4.49. The minimum absolute atomic E-state index is 0.176. The van der Waals surface area contributed by atoms with Crippen LogP contribution in [0.5, 0.6) is 11.5 Å². The minimum atomic E-state index is -0.278. The average Bonchev–Trinajstić information content (AvgIpc) is 2.96. The first-order chi connectivity index (χ1) is 11.1. The van der Waals surface area contributed by atoms with E-state index < -0.39 is 0 Å². The predicted molar refractivity (Wildman–Crippen MR) is 84.8 cm³/mol. The fraction of sp³-hybridized carbons (Fsp3) is 0.400. The number of aromatic nitrogens is 3. The molecule has 0 saturated heterocycles. The van der Waals surface area contributed by atoms with Crippen molar-refractivity contribution >= 4 is 17.7 Å². The Hall–Kier alpha value is -2.22. The standard InChI is InChI=1S/C15H17N3O4S/c1-9(19)22-11-7-18-15(23-8-11)16-14(17-18)10-4-5-12(20-2)13(6-10)21-3/h4-6,11H,7-8H2,1-3H3. The third kappa shape index (κ3) is 3.26. The molecule has 0 fully saturated rings. The molecule has 0 radical (unpaired) electrons. The molecule has 0 amide bonds. The Bertz CT molecular complexity index is 732. The number of rotatable bonds is 4. The summed E-state index contributed by atoms with van der Waals surface area (Å²) in [5.41, 5.74) is 0.842. The number of nitrogens with zero attached hydrogens (tertiary/aromatic N) is 3. The molecule has 23 heavy (non-hydrogen) atoms. The van der Waals surface area contributed by atoms with Gasteiger partial charge in [0.05, 0.1) is 20.8 Å². The first kappa shape index (κ1) is 15.7. The number of ether oxygens (including phenoxy) is 3. The third-order valence-electron chi connectivity index (χ3n) is 3.39. The van der Waals surface area contributed by atoms with E-state index in [4.69, 9.17) is 14.2 Å². The average molecular weight is 335 g/mol. The van der Waals surface area contributed by atoms with Crippen molar-refractivity contribution in [3.63, 3.8) is 0 Å². The second-order valence-corrected chi connectivity index (χ2v) is 6.00. The van der Waals surface area contributed by atoms with Gasteiger partial charge in [0.2, 0.25) is 0 Å². The number of methoxy groups -OCH3 is 2. The maximum Gasteiger partial charge on any atom is 0.302 e. The second-order valence-electron chi connectivity index (χ2n) is 5.01. The quantitative estimate of drug-likeness (QED) is 0.791. The smallest absolute Gasteiger partial charge is 0.302 e. The van der Waals surface area contributed by atoms with Crippen molar-refractivity contribution in [3.8, 4) is 22.9 Å². The van der Waals surface area contributed by atoms with Crippen LogP contribution in [0.1, 0.15) is 6.92 Å². The van der Waals surface area contributed by atoms with Gasteiger partial charge in [0.1, 0.15) is 6.10 Å². The highest BCUT2D eigenvalue weighted by Crippen LogP contribution is 2.33. The largest absolute Gasteiger partial charge is 0.493 e. The molecule has 0 aliphatic carbocycles. The molecule has 0 bridgehead atoms. The van der Waals surface area contributed by atoms with Crippen LogP contribution in [-0.4, -0.2) is 46.8 Å². The molecule has 1 unspecified atom stereocenters. The van der Waals surface area contributed by atoms with E-state index in [1.54, 1.807) is 18.9 Å². The topological polar surface area (TPSA) is 75.5 Å². The number of benzene rings is 1. The monoisotopic (exact) mass is 335 g/mol. The molecule has 7 nitrogen and oxygen atoms in total. The van der Waals surface area contributed by atoms with Gasteiger partial charge in [-0.2, -0.15) is 0 Å². The summed E-state index contributed by atoms with van der Waals surface area (Å²) in [7, 11) is 3.18. The number of carbonyl (C=O) groups is 1. The van der Waals surface area contributed by atoms with Crippen LogP contribution in [0.25, 0.3) is 11.4 Å². The summed E-state index contributed by atoms with van der Waals surface area (Å²) in [5.74, 6) is 2.30. The van der Waals surface area contributed by atoms with Crippen molar-refractivity contribution in [3.05, 3.63) is 18.2 Å². The van der Waals surface area contributed by atoms with Crippen molar-refractivity contribution in [2.75, 3.05) is 20.0 Å². The number of fused-ring (bicyclic) bond motifs is 1. The highest BCUT2D eigenvalue weighted by Gasteiger charge is 2.24. The lowest BCUT2D eigenvalue weighted by molar-refractivity contribution is -0.146. The molecular weight excluding hydrogens is 318 g/mol. The zero-order chi connectivity index (χ0) is 16.4. The number of esters is 1. The van der Waals surface area contributed by atoms with E-state index in [1.165, 1.54) is 18.7 Å². The van der Waals surface area contributed by atoms with Gasteiger partial charge in [0.25, 0.3) is 0 Å². The Kier molecular flexibility index (Phi) is 4.42. The van der Waals surface area contributed by atoms with E-state index in [2.05, 4.69) is 10.1 Å². The summed E-state index contributed by atoms with van der Waals surface area (Å²) < 4.78 is 17.6. The molecule has 2 aromatic rings. The van der Waals surface area contributed by atoms with Crippen LogP contribution in [-0.2, 0) is 16.1 Å². The van der Waals surface area contributed by atoms with E-state index in [9.17, 15) is 4.79 Å². The summed E-state index contributed by atoms with van der Waals surface area (Å²) >= 11 is 1.53. The molecule has 1 aromatic heterocycles. The number of hydrogen-bond acceptors (Lipinski definition) is 7. The van der Waals surface area contributed by atoms with Crippen molar-refractivity contribution in [1.29, 1.82) is 0 Å². The van der Waals surface area contributed by atoms with Gasteiger partial charge >= 0.3 is 5.97 Å². The van der Waals surface area contributed by atoms with E-state index in [1.807, 2.05) is 18.2 Å². The Morgan fingerprint density at radius 1 is 1.30 bits per heavy atom. The Labute approximate surface area is 137 Å². The van der Waals surface area contributed by atoms with E-state index in [-0.39, 0.29) is 12.1 Å². The van der Waals surface area contributed by atoms with E-state index in [0.29, 0.717) is 29.6 Å². The molecule has 3 rings (SSSR count). The summed E-state index contributed by atoms with van der Waals surface area (Å²) in [6.07, 6.45) is -0.176. The second kappa shape index (κ2) is 6.49. The first-order valence-electron chi connectivity index (χ1n) is 7.08. The van der Waals surface area contributed by atoms with Gasteiger partial charge in [-0.3, -0.25) is 4.79 Å². The van der Waals surface area contributed by atoms with Crippen LogP contribution in [0.4, 0.5) is 0 Å². The van der Waals surface area contributed by atoms with Gasteiger partial charge in [0, 0.05) is 18.2 Å². The van der Waals surface area contributed by atoms with Gasteiger partial charge in [-0.1, -0.05) is 11.8 Å². The molecule has 1 atom stereocenters. The maximum atomic E-state index is 11.1. The molecular formula is C15H17N3O4S. The fourth-order valence-corrected chi connectivity index (χ4v) is 3.29. The van der Waals surface area contributed by atoms with Crippen LogP contribution < -0.4 is 9.47 Å². The van der Waals surface area contributed by atoms with Crippen LogP contribution in [0.15, 0.2) is 23.4 Å². The van der Waals surface area contributed by atoms with Crippen molar-refractivity contribution < 1.29 is 19.0 Å². The molecule has 0 N–H and O–H groups in total. The number of thioether (sulfide) groups is 1. The highest BCUT2D eigenvalue weighted by molar-refractivity contribution is 7.99. The zero-order valence-electron chi connectivity index (χ0n) is 13.1. The molecule has 1 aliphatic rings. The number of carbonyl (C=O) groups excluding carboxylic acids is 1. The minimum Gasteiger partial charge on any atom is -0.493 e. The predicted octanol–water partition coefficient (Wildman–Crippen LogP) is 2.00. The first-order valence-corrected chi connectivity index (χ1v) is 8.06. The summed E-state index contributed by atoms with van der Waals surface area (Å²) in [6, 6.07) is 5.55. The summed E-state index contributed by atoms with van der Waals surface area (Å²) in [5, 5.41) is 5.32. The number of hydrogen-bond donors (Lipinski definition) is 0. The van der Waals surface area contributed by atoms with E-state index in [0.717, 1.165) is 10.7 Å². The molecule has 0 spiro atoms. The maximum absolute atomic E-state index is 11.1. The lowest BCUT2D eigenvalue weighted by atomic mass is 10.2. The fourth-order valence-electron chi connectivity index (χ4n) is 2.37. The molecule has 122 valence electrons.